The molecule has 0 unspecified atom stereocenters. The summed E-state index contributed by atoms with van der Waals surface area (Å²) in [5.74, 6) is 0.754. The summed E-state index contributed by atoms with van der Waals surface area (Å²) in [7, 11) is 1.90. The molecule has 21 heavy (non-hydrogen) atoms. The fourth-order valence-corrected chi connectivity index (χ4v) is 2.15. The van der Waals surface area contributed by atoms with Gasteiger partial charge in [0.05, 0.1) is 0 Å². The molecule has 2 aromatic rings. The van der Waals surface area contributed by atoms with Gasteiger partial charge in [-0.2, -0.15) is 0 Å². The highest BCUT2D eigenvalue weighted by Crippen LogP contribution is 2.19. The summed E-state index contributed by atoms with van der Waals surface area (Å²) in [4.78, 5) is 12.1. The largest absolute Gasteiger partial charge is 0.322 e. The molecule has 6 nitrogen and oxygen atoms in total. The van der Waals surface area contributed by atoms with E-state index in [0.29, 0.717) is 0 Å². The van der Waals surface area contributed by atoms with Gasteiger partial charge in [-0.05, 0) is 36.8 Å². The molecule has 1 aliphatic heterocycles. The maximum atomic E-state index is 12.1. The predicted molar refractivity (Wildman–Crippen MR) is 80.6 cm³/mol. The Balaban J connectivity index is 1.73. The molecule has 0 bridgehead atoms. The highest BCUT2D eigenvalue weighted by Gasteiger charge is 2.16. The SMILES string of the molecule is CC(C(=O)Nc1ccc(-c2nncn2C)cc1)=C1CNC1. The highest BCUT2D eigenvalue weighted by molar-refractivity contribution is 6.04. The summed E-state index contributed by atoms with van der Waals surface area (Å²) in [5.41, 5.74) is 3.71. The molecule has 108 valence electrons. The second kappa shape index (κ2) is 5.49. The van der Waals surface area contributed by atoms with Crippen LogP contribution in [0.4, 0.5) is 5.69 Å². The Morgan fingerprint density at radius 1 is 1.29 bits per heavy atom. The van der Waals surface area contributed by atoms with Crippen molar-refractivity contribution in [1.29, 1.82) is 0 Å². The molecule has 1 aromatic carbocycles. The summed E-state index contributed by atoms with van der Waals surface area (Å²) in [6.45, 7) is 3.48. The van der Waals surface area contributed by atoms with Crippen molar-refractivity contribution in [1.82, 2.24) is 20.1 Å². The Morgan fingerprint density at radius 3 is 2.52 bits per heavy atom. The van der Waals surface area contributed by atoms with Crippen LogP contribution in [0.3, 0.4) is 0 Å². The smallest absolute Gasteiger partial charge is 0.251 e. The summed E-state index contributed by atoms with van der Waals surface area (Å²) < 4.78 is 1.85. The summed E-state index contributed by atoms with van der Waals surface area (Å²) in [6.07, 6.45) is 1.66. The van der Waals surface area contributed by atoms with E-state index in [-0.39, 0.29) is 5.91 Å². The lowest BCUT2D eigenvalue weighted by Crippen LogP contribution is -2.36. The van der Waals surface area contributed by atoms with Crippen LogP contribution in [-0.2, 0) is 11.8 Å². The molecule has 0 radical (unpaired) electrons. The van der Waals surface area contributed by atoms with Crippen LogP contribution in [0.15, 0.2) is 41.7 Å². The molecule has 6 heteroatoms. The molecule has 2 heterocycles. The number of anilines is 1. The monoisotopic (exact) mass is 283 g/mol. The topological polar surface area (TPSA) is 71.8 Å². The van der Waals surface area contributed by atoms with E-state index in [0.717, 1.165) is 35.7 Å². The molecule has 2 N–H and O–H groups in total. The van der Waals surface area contributed by atoms with Crippen molar-refractivity contribution in [3.05, 3.63) is 41.7 Å². The van der Waals surface area contributed by atoms with Crippen LogP contribution < -0.4 is 10.6 Å². The number of amides is 1. The van der Waals surface area contributed by atoms with E-state index in [4.69, 9.17) is 0 Å². The van der Waals surface area contributed by atoms with Gasteiger partial charge in [0.15, 0.2) is 5.82 Å². The second-order valence-electron chi connectivity index (χ2n) is 5.13. The van der Waals surface area contributed by atoms with Crippen molar-refractivity contribution in [2.24, 2.45) is 7.05 Å². The number of aromatic nitrogens is 3. The van der Waals surface area contributed by atoms with Gasteiger partial charge in [-0.25, -0.2) is 0 Å². The van der Waals surface area contributed by atoms with Crippen LogP contribution in [0.2, 0.25) is 0 Å². The van der Waals surface area contributed by atoms with Crippen molar-refractivity contribution in [2.75, 3.05) is 18.4 Å². The van der Waals surface area contributed by atoms with Gasteiger partial charge in [-0.15, -0.1) is 10.2 Å². The van der Waals surface area contributed by atoms with Crippen LogP contribution in [0, 0.1) is 0 Å². The Morgan fingerprint density at radius 2 is 2.00 bits per heavy atom. The van der Waals surface area contributed by atoms with Crippen molar-refractivity contribution in [3.63, 3.8) is 0 Å². The molecular weight excluding hydrogens is 266 g/mol. The van der Waals surface area contributed by atoms with Crippen molar-refractivity contribution >= 4 is 11.6 Å². The van der Waals surface area contributed by atoms with E-state index in [1.807, 2.05) is 42.8 Å². The van der Waals surface area contributed by atoms with Gasteiger partial charge in [-0.3, -0.25) is 4.79 Å². The number of hydrogen-bond donors (Lipinski definition) is 2. The van der Waals surface area contributed by atoms with Crippen LogP contribution in [0.1, 0.15) is 6.92 Å². The molecule has 1 saturated heterocycles. The molecule has 0 saturated carbocycles. The zero-order valence-corrected chi connectivity index (χ0v) is 12.1. The average molecular weight is 283 g/mol. The highest BCUT2D eigenvalue weighted by atomic mass is 16.1. The summed E-state index contributed by atoms with van der Waals surface area (Å²) in [5, 5.41) is 14.0. The maximum absolute atomic E-state index is 12.1. The first-order chi connectivity index (χ1) is 10.1. The molecule has 0 aliphatic carbocycles. The second-order valence-corrected chi connectivity index (χ2v) is 5.13. The Hall–Kier alpha value is -2.47. The van der Waals surface area contributed by atoms with Gasteiger partial charge < -0.3 is 15.2 Å². The number of nitrogens with zero attached hydrogens (tertiary/aromatic N) is 3. The minimum absolute atomic E-state index is 0.0436. The minimum atomic E-state index is -0.0436. The van der Waals surface area contributed by atoms with E-state index in [1.54, 1.807) is 6.33 Å². The van der Waals surface area contributed by atoms with Gasteiger partial charge >= 0.3 is 0 Å². The normalized spacial score (nSPS) is 13.7. The fourth-order valence-electron chi connectivity index (χ4n) is 2.15. The van der Waals surface area contributed by atoms with Gasteiger partial charge in [0.2, 0.25) is 0 Å². The average Bonchev–Trinajstić information content (AvgIpc) is 2.84. The van der Waals surface area contributed by atoms with Gasteiger partial charge in [0, 0.05) is 37.0 Å². The van der Waals surface area contributed by atoms with E-state index < -0.39 is 0 Å². The zero-order chi connectivity index (χ0) is 14.8. The van der Waals surface area contributed by atoms with Crippen molar-refractivity contribution in [3.8, 4) is 11.4 Å². The fraction of sp³-hybridized carbons (Fsp3) is 0.267. The molecular formula is C15H17N5O. The lowest BCUT2D eigenvalue weighted by Gasteiger charge is -2.21. The molecule has 0 spiro atoms. The molecule has 1 aromatic heterocycles. The lowest BCUT2D eigenvalue weighted by molar-refractivity contribution is -0.112. The van der Waals surface area contributed by atoms with Crippen molar-refractivity contribution < 1.29 is 4.79 Å². The number of carbonyl (C=O) groups excluding carboxylic acids is 1. The van der Waals surface area contributed by atoms with Gasteiger partial charge in [0.25, 0.3) is 5.91 Å². The third-order valence-electron chi connectivity index (χ3n) is 3.66. The first kappa shape index (κ1) is 13.5. The van der Waals surface area contributed by atoms with Crippen molar-refractivity contribution in [2.45, 2.75) is 6.92 Å². The molecule has 1 aliphatic rings. The number of benzene rings is 1. The Bertz CT molecular complexity index is 693. The Labute approximate surface area is 122 Å². The third kappa shape index (κ3) is 2.71. The van der Waals surface area contributed by atoms with Crippen LogP contribution in [0.5, 0.6) is 0 Å². The van der Waals surface area contributed by atoms with Gasteiger partial charge in [-0.1, -0.05) is 0 Å². The quantitative estimate of drug-likeness (QED) is 0.834. The number of rotatable bonds is 3. The number of hydrogen-bond acceptors (Lipinski definition) is 4. The van der Waals surface area contributed by atoms with Crippen LogP contribution >= 0.6 is 0 Å². The van der Waals surface area contributed by atoms with E-state index in [9.17, 15) is 4.79 Å². The summed E-state index contributed by atoms with van der Waals surface area (Å²) >= 11 is 0. The van der Waals surface area contributed by atoms with E-state index in [1.165, 1.54) is 5.57 Å². The predicted octanol–water partition coefficient (Wildman–Crippen LogP) is 1.34. The third-order valence-corrected chi connectivity index (χ3v) is 3.66. The van der Waals surface area contributed by atoms with E-state index >= 15 is 0 Å². The number of nitrogens with one attached hydrogen (secondary N) is 2. The van der Waals surface area contributed by atoms with Gasteiger partial charge in [0.1, 0.15) is 6.33 Å². The molecule has 1 amide bonds. The standard InChI is InChI=1S/C15H17N5O/c1-10(12-7-16-8-12)15(21)18-13-5-3-11(4-6-13)14-19-17-9-20(14)2/h3-6,9,16H,7-8H2,1-2H3,(H,18,21). The first-order valence-corrected chi connectivity index (χ1v) is 6.80. The number of carbonyl (C=O) groups is 1. The lowest BCUT2D eigenvalue weighted by atomic mass is 10.0. The van der Waals surface area contributed by atoms with Crippen LogP contribution in [0.25, 0.3) is 11.4 Å². The Kier molecular flexibility index (Phi) is 3.53. The first-order valence-electron chi connectivity index (χ1n) is 6.80. The zero-order valence-electron chi connectivity index (χ0n) is 12.1. The number of aryl methyl sites for hydroxylation is 1. The molecule has 3 rings (SSSR count). The minimum Gasteiger partial charge on any atom is -0.322 e. The molecule has 0 atom stereocenters. The van der Waals surface area contributed by atoms with E-state index in [2.05, 4.69) is 20.8 Å². The van der Waals surface area contributed by atoms with Crippen LogP contribution in [-0.4, -0.2) is 33.8 Å². The summed E-state index contributed by atoms with van der Waals surface area (Å²) in [6, 6.07) is 7.60. The maximum Gasteiger partial charge on any atom is 0.251 e. The molecule has 1 fully saturated rings.